The maximum Gasteiger partial charge on any atom is 0.223 e. The van der Waals surface area contributed by atoms with E-state index in [-0.39, 0.29) is 11.9 Å². The third-order valence-electron chi connectivity index (χ3n) is 6.86. The minimum Gasteiger partial charge on any atom is -0.497 e. The largest absolute Gasteiger partial charge is 0.497 e. The van der Waals surface area contributed by atoms with E-state index in [1.807, 2.05) is 59.5 Å². The number of H-pyrrole nitrogens is 1. The number of hydrogen-bond donors (Lipinski definition) is 1. The molecule has 0 saturated carbocycles. The maximum absolute atomic E-state index is 13.1. The average molecular weight is 545 g/mol. The zero-order valence-electron chi connectivity index (χ0n) is 22.0. The first-order valence-electron chi connectivity index (χ1n) is 12.5. The van der Waals surface area contributed by atoms with Gasteiger partial charge in [-0.3, -0.25) is 9.89 Å². The van der Waals surface area contributed by atoms with E-state index in [1.54, 1.807) is 33.7 Å². The number of nitrogens with one attached hydrogen (secondary N) is 1. The van der Waals surface area contributed by atoms with Gasteiger partial charge in [0.2, 0.25) is 11.8 Å². The van der Waals surface area contributed by atoms with Crippen LogP contribution in [0.15, 0.2) is 73.1 Å². The summed E-state index contributed by atoms with van der Waals surface area (Å²) in [6.07, 6.45) is 6.79. The molecule has 1 N–H and O–H groups in total. The molecule has 0 bridgehead atoms. The third-order valence-corrected chi connectivity index (χ3v) is 7.11. The molecular formula is C30H29ClN4O4. The highest BCUT2D eigenvalue weighted by atomic mass is 35.5. The van der Waals surface area contributed by atoms with Crippen molar-refractivity contribution < 1.29 is 19.0 Å². The van der Waals surface area contributed by atoms with Crippen LogP contribution in [0.5, 0.6) is 17.4 Å². The summed E-state index contributed by atoms with van der Waals surface area (Å²) >= 11 is 6.20. The van der Waals surface area contributed by atoms with Crippen molar-refractivity contribution in [1.29, 1.82) is 0 Å². The molecule has 3 heterocycles. The van der Waals surface area contributed by atoms with E-state index < -0.39 is 0 Å². The molecule has 1 atom stereocenters. The molecule has 0 spiro atoms. The van der Waals surface area contributed by atoms with Gasteiger partial charge in [-0.25, -0.2) is 4.98 Å². The fraction of sp³-hybridized carbons (Fsp3) is 0.233. The van der Waals surface area contributed by atoms with Crippen LogP contribution in [0.1, 0.15) is 29.7 Å². The molecule has 0 aliphatic carbocycles. The summed E-state index contributed by atoms with van der Waals surface area (Å²) in [7, 11) is 4.83. The summed E-state index contributed by atoms with van der Waals surface area (Å²) < 4.78 is 16.6. The number of aromatic nitrogens is 3. The molecule has 39 heavy (non-hydrogen) atoms. The number of aromatic amines is 1. The molecule has 2 aromatic carbocycles. The topological polar surface area (TPSA) is 89.6 Å². The Labute approximate surface area is 232 Å². The molecular weight excluding hydrogens is 516 g/mol. The summed E-state index contributed by atoms with van der Waals surface area (Å²) in [5.74, 6) is 1.95. The van der Waals surface area contributed by atoms with Crippen LogP contribution < -0.4 is 14.2 Å². The van der Waals surface area contributed by atoms with Crippen molar-refractivity contribution in [3.05, 3.63) is 94.9 Å². The number of methoxy groups -OCH3 is 3. The molecule has 0 radical (unpaired) electrons. The maximum atomic E-state index is 13.1. The van der Waals surface area contributed by atoms with Gasteiger partial charge in [-0.1, -0.05) is 29.8 Å². The lowest BCUT2D eigenvalue weighted by molar-refractivity contribution is -0.129. The van der Waals surface area contributed by atoms with Crippen LogP contribution in [0.2, 0.25) is 5.02 Å². The second kappa shape index (κ2) is 11.6. The zero-order chi connectivity index (χ0) is 27.4. The molecule has 4 aromatic rings. The van der Waals surface area contributed by atoms with Gasteiger partial charge in [0.1, 0.15) is 11.5 Å². The minimum atomic E-state index is -0.142. The van der Waals surface area contributed by atoms with Gasteiger partial charge in [0.15, 0.2) is 0 Å². The van der Waals surface area contributed by atoms with Crippen LogP contribution in [0.4, 0.5) is 0 Å². The molecule has 200 valence electrons. The third kappa shape index (κ3) is 5.61. The number of benzene rings is 2. The Balaban J connectivity index is 1.55. The molecule has 9 heteroatoms. The lowest BCUT2D eigenvalue weighted by atomic mass is 9.97. The normalized spacial score (nSPS) is 15.5. The predicted molar refractivity (Wildman–Crippen MR) is 150 cm³/mol. The van der Waals surface area contributed by atoms with E-state index in [2.05, 4.69) is 16.3 Å². The van der Waals surface area contributed by atoms with Crippen LogP contribution in [-0.2, 0) is 11.3 Å². The van der Waals surface area contributed by atoms with E-state index in [1.165, 1.54) is 0 Å². The Kier molecular flexibility index (Phi) is 7.84. The van der Waals surface area contributed by atoms with Crippen molar-refractivity contribution >= 4 is 23.1 Å². The molecule has 1 aliphatic heterocycles. The summed E-state index contributed by atoms with van der Waals surface area (Å²) in [5.41, 5.74) is 5.16. The molecule has 1 fully saturated rings. The number of nitrogens with zero attached hydrogens (tertiary/aromatic N) is 3. The van der Waals surface area contributed by atoms with E-state index in [4.69, 9.17) is 30.8 Å². The van der Waals surface area contributed by atoms with Gasteiger partial charge in [-0.2, -0.15) is 5.10 Å². The van der Waals surface area contributed by atoms with Gasteiger partial charge in [0, 0.05) is 52.5 Å². The average Bonchev–Trinajstić information content (AvgIpc) is 3.62. The van der Waals surface area contributed by atoms with E-state index in [0.717, 1.165) is 33.5 Å². The van der Waals surface area contributed by atoms with Crippen LogP contribution in [0, 0.1) is 0 Å². The van der Waals surface area contributed by atoms with Gasteiger partial charge < -0.3 is 19.1 Å². The Hall–Kier alpha value is -4.30. The molecule has 1 amide bonds. The number of pyridine rings is 1. The Morgan fingerprint density at radius 2 is 1.90 bits per heavy atom. The monoisotopic (exact) mass is 544 g/mol. The zero-order valence-corrected chi connectivity index (χ0v) is 22.7. The highest BCUT2D eigenvalue weighted by Gasteiger charge is 2.31. The SMILES string of the molecule is COc1ccc(CN2C(=O)CC[C@@H]2/C=C(\c2ccc(Cl)cc2)c2ccc(-c3cn[nH]c3)c(OC)n2)c(OC)c1. The number of carbonyl (C=O) groups is 1. The fourth-order valence-electron chi connectivity index (χ4n) is 4.82. The number of carbonyl (C=O) groups excluding carboxylic acids is 1. The smallest absolute Gasteiger partial charge is 0.223 e. The van der Waals surface area contributed by atoms with Crippen molar-refractivity contribution in [1.82, 2.24) is 20.1 Å². The Morgan fingerprint density at radius 1 is 1.08 bits per heavy atom. The van der Waals surface area contributed by atoms with Gasteiger partial charge in [0.25, 0.3) is 0 Å². The standard InChI is InChI=1S/C30H29ClN4O4/c1-37-24-10-6-20(28(15-24)38-2)18-35-23(9-13-29(35)36)14-26(19-4-7-22(31)8-5-19)27-12-11-25(30(34-27)39-3)21-16-32-33-17-21/h4-8,10-12,14-17,23H,9,13,18H2,1-3H3,(H,32,33)/b26-14+/t23-/m1/s1. The quantitative estimate of drug-likeness (QED) is 0.287. The summed E-state index contributed by atoms with van der Waals surface area (Å²) in [5, 5.41) is 7.51. The Bertz CT molecular complexity index is 1490. The lowest BCUT2D eigenvalue weighted by Gasteiger charge is -2.25. The highest BCUT2D eigenvalue weighted by Crippen LogP contribution is 2.35. The van der Waals surface area contributed by atoms with Crippen molar-refractivity contribution in [2.75, 3.05) is 21.3 Å². The highest BCUT2D eigenvalue weighted by molar-refractivity contribution is 6.30. The Morgan fingerprint density at radius 3 is 2.59 bits per heavy atom. The number of rotatable bonds is 9. The second-order valence-electron chi connectivity index (χ2n) is 9.13. The van der Waals surface area contributed by atoms with Crippen LogP contribution in [0.3, 0.4) is 0 Å². The number of halogens is 1. The van der Waals surface area contributed by atoms with Crippen molar-refractivity contribution in [3.63, 3.8) is 0 Å². The molecule has 8 nitrogen and oxygen atoms in total. The van der Waals surface area contributed by atoms with Gasteiger partial charge in [-0.15, -0.1) is 0 Å². The molecule has 1 aliphatic rings. The number of likely N-dealkylation sites (tertiary alicyclic amines) is 1. The van der Waals surface area contributed by atoms with E-state index in [0.29, 0.717) is 41.8 Å². The molecule has 2 aromatic heterocycles. The number of hydrogen-bond acceptors (Lipinski definition) is 6. The molecule has 0 unspecified atom stereocenters. The van der Waals surface area contributed by atoms with Crippen LogP contribution in [0.25, 0.3) is 16.7 Å². The van der Waals surface area contributed by atoms with Crippen molar-refractivity contribution in [2.24, 2.45) is 0 Å². The summed E-state index contributed by atoms with van der Waals surface area (Å²) in [4.78, 5) is 19.8. The second-order valence-corrected chi connectivity index (χ2v) is 9.57. The van der Waals surface area contributed by atoms with Crippen molar-refractivity contribution in [3.8, 4) is 28.5 Å². The first-order chi connectivity index (χ1) is 19.0. The summed E-state index contributed by atoms with van der Waals surface area (Å²) in [6, 6.07) is 17.0. The number of ether oxygens (including phenoxy) is 3. The van der Waals surface area contributed by atoms with Crippen LogP contribution in [-0.4, -0.2) is 53.4 Å². The first kappa shape index (κ1) is 26.3. The summed E-state index contributed by atoms with van der Waals surface area (Å²) in [6.45, 7) is 0.414. The first-order valence-corrected chi connectivity index (χ1v) is 12.9. The van der Waals surface area contributed by atoms with E-state index >= 15 is 0 Å². The fourth-order valence-corrected chi connectivity index (χ4v) is 4.94. The number of amides is 1. The molecule has 1 saturated heterocycles. The van der Waals surface area contributed by atoms with Crippen molar-refractivity contribution in [2.45, 2.75) is 25.4 Å². The minimum absolute atomic E-state index is 0.0884. The van der Waals surface area contributed by atoms with Gasteiger partial charge >= 0.3 is 0 Å². The predicted octanol–water partition coefficient (Wildman–Crippen LogP) is 5.77. The molecule has 5 rings (SSSR count). The van der Waals surface area contributed by atoms with Crippen LogP contribution >= 0.6 is 11.6 Å². The van der Waals surface area contributed by atoms with E-state index in [9.17, 15) is 4.79 Å². The lowest BCUT2D eigenvalue weighted by Crippen LogP contribution is -2.31. The van der Waals surface area contributed by atoms with Gasteiger partial charge in [-0.05, 0) is 48.4 Å². The van der Waals surface area contributed by atoms with Gasteiger partial charge in [0.05, 0.1) is 39.3 Å².